The van der Waals surface area contributed by atoms with Crippen molar-refractivity contribution in [2.75, 3.05) is 26.2 Å². The fourth-order valence-electron chi connectivity index (χ4n) is 5.15. The molecule has 2 aromatic rings. The number of benzene rings is 1. The highest BCUT2D eigenvalue weighted by atomic mass is 16.2. The molecule has 0 unspecified atom stereocenters. The fourth-order valence-corrected chi connectivity index (χ4v) is 5.15. The van der Waals surface area contributed by atoms with Crippen LogP contribution in [0.1, 0.15) is 49.8 Å². The Morgan fingerprint density at radius 2 is 1.77 bits per heavy atom. The third-order valence-electron chi connectivity index (χ3n) is 6.75. The first-order valence-corrected chi connectivity index (χ1v) is 11.7. The molecule has 2 heterocycles. The molecule has 0 N–H and O–H groups in total. The summed E-state index contributed by atoms with van der Waals surface area (Å²) in [7, 11) is 0. The maximum Gasteiger partial charge on any atom is 0.222 e. The van der Waals surface area contributed by atoms with Gasteiger partial charge in [0.25, 0.3) is 0 Å². The Balaban J connectivity index is 1.37. The number of aromatic nitrogens is 1. The lowest BCUT2D eigenvalue weighted by Crippen LogP contribution is -2.38. The van der Waals surface area contributed by atoms with Gasteiger partial charge in [0.15, 0.2) is 0 Å². The van der Waals surface area contributed by atoms with Gasteiger partial charge in [-0.05, 0) is 55.7 Å². The van der Waals surface area contributed by atoms with Gasteiger partial charge in [0.1, 0.15) is 0 Å². The molecule has 0 spiro atoms. The van der Waals surface area contributed by atoms with Crippen LogP contribution in [0.4, 0.5) is 0 Å². The number of hydrogen-bond acceptors (Lipinski definition) is 3. The van der Waals surface area contributed by atoms with E-state index in [2.05, 4.69) is 51.2 Å². The first kappa shape index (κ1) is 21.0. The predicted molar refractivity (Wildman–Crippen MR) is 121 cm³/mol. The Labute approximate surface area is 181 Å². The lowest BCUT2D eigenvalue weighted by molar-refractivity contribution is -0.131. The number of carbonyl (C=O) groups is 1. The molecule has 2 aliphatic rings. The molecule has 4 nitrogen and oxygen atoms in total. The predicted octanol–water partition coefficient (Wildman–Crippen LogP) is 4.35. The minimum atomic E-state index is 0.324. The van der Waals surface area contributed by atoms with Crippen LogP contribution in [0, 0.1) is 5.92 Å². The Bertz CT molecular complexity index is 773. The summed E-state index contributed by atoms with van der Waals surface area (Å²) in [5.41, 5.74) is 2.47. The van der Waals surface area contributed by atoms with E-state index < -0.39 is 0 Å². The smallest absolute Gasteiger partial charge is 0.222 e. The number of amides is 1. The highest BCUT2D eigenvalue weighted by Gasteiger charge is 2.30. The molecule has 1 atom stereocenters. The molecule has 30 heavy (non-hydrogen) atoms. The summed E-state index contributed by atoms with van der Waals surface area (Å²) in [6, 6.07) is 17.4. The molecule has 160 valence electrons. The Kier molecular flexibility index (Phi) is 7.52. The van der Waals surface area contributed by atoms with Crippen LogP contribution in [0.2, 0.25) is 0 Å². The topological polar surface area (TPSA) is 36.4 Å². The summed E-state index contributed by atoms with van der Waals surface area (Å²) < 4.78 is 0. The van der Waals surface area contributed by atoms with Gasteiger partial charge in [0.2, 0.25) is 5.91 Å². The van der Waals surface area contributed by atoms with E-state index in [1.807, 2.05) is 18.3 Å². The van der Waals surface area contributed by atoms with Gasteiger partial charge in [-0.3, -0.25) is 14.7 Å². The second kappa shape index (κ2) is 10.7. The van der Waals surface area contributed by atoms with Gasteiger partial charge >= 0.3 is 0 Å². The van der Waals surface area contributed by atoms with Gasteiger partial charge in [-0.2, -0.15) is 0 Å². The lowest BCUT2D eigenvalue weighted by Gasteiger charge is -2.29. The van der Waals surface area contributed by atoms with E-state index in [1.165, 1.54) is 31.2 Å². The van der Waals surface area contributed by atoms with Crippen molar-refractivity contribution in [2.45, 2.75) is 57.4 Å². The zero-order valence-corrected chi connectivity index (χ0v) is 18.1. The molecule has 2 fully saturated rings. The monoisotopic (exact) mass is 405 g/mol. The highest BCUT2D eigenvalue weighted by Crippen LogP contribution is 2.26. The second-order valence-corrected chi connectivity index (χ2v) is 9.00. The molecule has 1 amide bonds. The first-order chi connectivity index (χ1) is 14.8. The van der Waals surface area contributed by atoms with Crippen LogP contribution in [0.3, 0.4) is 0 Å². The quantitative estimate of drug-likeness (QED) is 0.687. The largest absolute Gasteiger partial charge is 0.341 e. The Morgan fingerprint density at radius 1 is 0.967 bits per heavy atom. The molecule has 4 heteroatoms. The minimum absolute atomic E-state index is 0.324. The summed E-state index contributed by atoms with van der Waals surface area (Å²) in [4.78, 5) is 22.4. The van der Waals surface area contributed by atoms with Crippen molar-refractivity contribution >= 4 is 5.91 Å². The van der Waals surface area contributed by atoms with Crippen molar-refractivity contribution in [3.63, 3.8) is 0 Å². The van der Waals surface area contributed by atoms with Gasteiger partial charge in [-0.15, -0.1) is 0 Å². The molecule has 0 bridgehead atoms. The van der Waals surface area contributed by atoms with Crippen LogP contribution in [-0.4, -0.2) is 52.9 Å². The normalized spacial score (nSPS) is 20.9. The maximum atomic E-state index is 13.1. The molecular formula is C26H35N3O. The number of aryl methyl sites for hydroxylation is 1. The number of hydrogen-bond donors (Lipinski definition) is 0. The average Bonchev–Trinajstić information content (AvgIpc) is 3.23. The third-order valence-corrected chi connectivity index (χ3v) is 6.75. The van der Waals surface area contributed by atoms with Crippen molar-refractivity contribution in [1.29, 1.82) is 0 Å². The number of rotatable bonds is 7. The van der Waals surface area contributed by atoms with E-state index in [0.717, 1.165) is 51.1 Å². The van der Waals surface area contributed by atoms with Crippen molar-refractivity contribution < 1.29 is 4.79 Å². The van der Waals surface area contributed by atoms with E-state index in [9.17, 15) is 4.79 Å². The molecular weight excluding hydrogens is 370 g/mol. The van der Waals surface area contributed by atoms with Crippen LogP contribution in [0.25, 0.3) is 0 Å². The number of pyridine rings is 1. The zero-order valence-electron chi connectivity index (χ0n) is 18.1. The van der Waals surface area contributed by atoms with Crippen LogP contribution < -0.4 is 0 Å². The van der Waals surface area contributed by atoms with Crippen LogP contribution in [0.15, 0.2) is 54.7 Å². The van der Waals surface area contributed by atoms with Gasteiger partial charge in [0.05, 0.1) is 0 Å². The summed E-state index contributed by atoms with van der Waals surface area (Å²) in [6.07, 6.45) is 10.7. The summed E-state index contributed by atoms with van der Waals surface area (Å²) in [5.74, 6) is 0.784. The summed E-state index contributed by atoms with van der Waals surface area (Å²) >= 11 is 0. The van der Waals surface area contributed by atoms with Gasteiger partial charge in [-0.1, -0.05) is 49.2 Å². The molecule has 1 aliphatic heterocycles. The van der Waals surface area contributed by atoms with Gasteiger partial charge < -0.3 is 4.90 Å². The lowest BCUT2D eigenvalue weighted by atomic mass is 10.0. The Hall–Kier alpha value is -2.20. The molecule has 1 aliphatic carbocycles. The number of carbonyl (C=O) groups excluding carboxylic acids is 1. The van der Waals surface area contributed by atoms with E-state index >= 15 is 0 Å². The van der Waals surface area contributed by atoms with E-state index in [0.29, 0.717) is 24.3 Å². The van der Waals surface area contributed by atoms with Crippen molar-refractivity contribution in [2.24, 2.45) is 5.92 Å². The first-order valence-electron chi connectivity index (χ1n) is 11.7. The molecule has 1 saturated carbocycles. The van der Waals surface area contributed by atoms with Crippen LogP contribution >= 0.6 is 0 Å². The fraction of sp³-hybridized carbons (Fsp3) is 0.538. The summed E-state index contributed by atoms with van der Waals surface area (Å²) in [6.45, 7) is 3.85. The Morgan fingerprint density at radius 3 is 2.53 bits per heavy atom. The molecule has 4 rings (SSSR count). The second-order valence-electron chi connectivity index (χ2n) is 9.00. The van der Waals surface area contributed by atoms with Gasteiger partial charge in [0, 0.05) is 50.5 Å². The minimum Gasteiger partial charge on any atom is -0.341 e. The highest BCUT2D eigenvalue weighted by molar-refractivity contribution is 5.76. The SMILES string of the molecule is O=C(CCCc1ccccc1)N1CCN(C2CCCC2)C[C@@H](Cc2ccccn2)C1. The van der Waals surface area contributed by atoms with Crippen LogP contribution in [0.5, 0.6) is 0 Å². The summed E-state index contributed by atoms with van der Waals surface area (Å²) in [5, 5.41) is 0. The molecule has 1 aromatic heterocycles. The molecule has 0 radical (unpaired) electrons. The number of nitrogens with zero attached hydrogens (tertiary/aromatic N) is 3. The molecule has 1 saturated heterocycles. The van der Waals surface area contributed by atoms with E-state index in [1.54, 1.807) is 0 Å². The maximum absolute atomic E-state index is 13.1. The standard InChI is InChI=1S/C26H35N3O/c30-26(15-8-11-22-9-2-1-3-10-22)29-18-17-28(25-13-4-5-14-25)20-23(21-29)19-24-12-6-7-16-27-24/h1-3,6-7,9-10,12,16,23,25H,4-5,8,11,13-15,17-21H2/t23-/m1/s1. The van der Waals surface area contributed by atoms with Crippen molar-refractivity contribution in [3.05, 3.63) is 66.0 Å². The van der Waals surface area contributed by atoms with Crippen LogP contribution in [-0.2, 0) is 17.6 Å². The molecule has 1 aromatic carbocycles. The van der Waals surface area contributed by atoms with Gasteiger partial charge in [-0.25, -0.2) is 0 Å². The van der Waals surface area contributed by atoms with E-state index in [-0.39, 0.29) is 0 Å². The van der Waals surface area contributed by atoms with E-state index in [4.69, 9.17) is 0 Å². The zero-order chi connectivity index (χ0) is 20.6. The third kappa shape index (κ3) is 5.91. The average molecular weight is 406 g/mol. The van der Waals surface area contributed by atoms with Crippen molar-refractivity contribution in [1.82, 2.24) is 14.8 Å². The van der Waals surface area contributed by atoms with Crippen molar-refractivity contribution in [3.8, 4) is 0 Å².